The van der Waals surface area contributed by atoms with E-state index in [4.69, 9.17) is 16.3 Å². The Morgan fingerprint density at radius 3 is 2.13 bits per heavy atom. The van der Waals surface area contributed by atoms with Gasteiger partial charge in [-0.15, -0.1) is 0 Å². The minimum Gasteiger partial charge on any atom is -0.370 e. The fourth-order valence-corrected chi connectivity index (χ4v) is 3.30. The van der Waals surface area contributed by atoms with Crippen molar-refractivity contribution in [3.05, 3.63) is 70.5 Å². The molecule has 0 saturated carbocycles. The maximum atomic E-state index is 13.2. The van der Waals surface area contributed by atoms with E-state index in [0.29, 0.717) is 0 Å². The van der Waals surface area contributed by atoms with Crippen LogP contribution in [-0.4, -0.2) is 32.8 Å². The molecule has 1 aliphatic heterocycles. The van der Waals surface area contributed by atoms with Crippen molar-refractivity contribution in [3.8, 4) is 0 Å². The molecule has 2 nitrogen and oxygen atoms in total. The summed E-state index contributed by atoms with van der Waals surface area (Å²) in [5.41, 5.74) is 2.38. The fraction of sp³-hybridized carbons (Fsp3) is 0.368. The standard InChI is InChI=1S/C19H21ClFNO/c20-17-5-1-15(2-6-17)19(16-3-7-18(21)8-4-16)9-10-22-11-13-23-14-12-22/h1-8,19H,9-14H2/p+1/t19-/m0/s1. The van der Waals surface area contributed by atoms with Gasteiger partial charge in [-0.05, 0) is 35.4 Å². The van der Waals surface area contributed by atoms with Crippen LogP contribution in [0.3, 0.4) is 0 Å². The van der Waals surface area contributed by atoms with Gasteiger partial charge in [0, 0.05) is 17.4 Å². The average Bonchev–Trinajstić information content (AvgIpc) is 2.59. The number of rotatable bonds is 5. The fourth-order valence-electron chi connectivity index (χ4n) is 3.17. The summed E-state index contributed by atoms with van der Waals surface area (Å²) in [5, 5.41) is 0.741. The van der Waals surface area contributed by atoms with Crippen molar-refractivity contribution in [1.29, 1.82) is 0 Å². The first-order valence-electron chi connectivity index (χ1n) is 8.14. The second-order valence-corrected chi connectivity index (χ2v) is 6.49. The van der Waals surface area contributed by atoms with Crippen molar-refractivity contribution in [2.45, 2.75) is 12.3 Å². The molecule has 1 N–H and O–H groups in total. The molecular weight excluding hydrogens is 313 g/mol. The monoisotopic (exact) mass is 334 g/mol. The SMILES string of the molecule is Fc1ccc([C@@H](CC[NH+]2CCOCC2)c2ccc(Cl)cc2)cc1. The first-order chi connectivity index (χ1) is 11.2. The van der Waals surface area contributed by atoms with E-state index in [0.717, 1.165) is 49.9 Å². The molecule has 0 bridgehead atoms. The van der Waals surface area contributed by atoms with Crippen molar-refractivity contribution in [3.63, 3.8) is 0 Å². The van der Waals surface area contributed by atoms with Crippen LogP contribution in [0, 0.1) is 5.82 Å². The summed E-state index contributed by atoms with van der Waals surface area (Å²) >= 11 is 6.01. The summed E-state index contributed by atoms with van der Waals surface area (Å²) in [5.74, 6) is 0.0746. The van der Waals surface area contributed by atoms with Gasteiger partial charge >= 0.3 is 0 Å². The number of nitrogens with one attached hydrogen (secondary N) is 1. The van der Waals surface area contributed by atoms with Crippen molar-refractivity contribution in [2.24, 2.45) is 0 Å². The minimum absolute atomic E-state index is 0.192. The van der Waals surface area contributed by atoms with Crippen LogP contribution in [0.4, 0.5) is 4.39 Å². The highest BCUT2D eigenvalue weighted by atomic mass is 35.5. The van der Waals surface area contributed by atoms with E-state index in [1.54, 1.807) is 17.0 Å². The molecule has 3 rings (SSSR count). The molecule has 2 aromatic rings. The highest BCUT2D eigenvalue weighted by molar-refractivity contribution is 6.30. The molecular formula is C19H22ClFNO+. The first-order valence-corrected chi connectivity index (χ1v) is 8.52. The highest BCUT2D eigenvalue weighted by Crippen LogP contribution is 2.28. The molecule has 0 unspecified atom stereocenters. The maximum absolute atomic E-state index is 13.2. The Morgan fingerprint density at radius 2 is 1.52 bits per heavy atom. The van der Waals surface area contributed by atoms with E-state index in [-0.39, 0.29) is 11.7 Å². The van der Waals surface area contributed by atoms with E-state index in [1.165, 1.54) is 5.56 Å². The third-order valence-electron chi connectivity index (χ3n) is 4.53. The minimum atomic E-state index is -0.192. The lowest BCUT2D eigenvalue weighted by atomic mass is 9.88. The van der Waals surface area contributed by atoms with Crippen molar-refractivity contribution >= 4 is 11.6 Å². The maximum Gasteiger partial charge on any atom is 0.123 e. The summed E-state index contributed by atoms with van der Waals surface area (Å²) in [6.45, 7) is 4.91. The van der Waals surface area contributed by atoms with Gasteiger partial charge in [0.25, 0.3) is 0 Å². The zero-order valence-electron chi connectivity index (χ0n) is 13.1. The van der Waals surface area contributed by atoms with Gasteiger partial charge in [0.05, 0.1) is 19.8 Å². The summed E-state index contributed by atoms with van der Waals surface area (Å²) in [4.78, 5) is 1.58. The molecule has 1 heterocycles. The molecule has 4 heteroatoms. The third kappa shape index (κ3) is 4.54. The lowest BCUT2D eigenvalue weighted by Gasteiger charge is -2.26. The number of morpholine rings is 1. The van der Waals surface area contributed by atoms with E-state index in [9.17, 15) is 4.39 Å². The van der Waals surface area contributed by atoms with Crippen LogP contribution in [0.5, 0.6) is 0 Å². The number of ether oxygens (including phenoxy) is 1. The molecule has 0 aliphatic carbocycles. The van der Waals surface area contributed by atoms with Crippen molar-refractivity contribution in [2.75, 3.05) is 32.8 Å². The van der Waals surface area contributed by atoms with Crippen LogP contribution >= 0.6 is 11.6 Å². The van der Waals surface area contributed by atoms with Gasteiger partial charge in [-0.1, -0.05) is 35.9 Å². The van der Waals surface area contributed by atoms with Gasteiger partial charge in [0.15, 0.2) is 0 Å². The van der Waals surface area contributed by atoms with Gasteiger partial charge in [0.1, 0.15) is 18.9 Å². The highest BCUT2D eigenvalue weighted by Gasteiger charge is 2.19. The lowest BCUT2D eigenvalue weighted by Crippen LogP contribution is -3.14. The van der Waals surface area contributed by atoms with E-state index in [2.05, 4.69) is 12.1 Å². The van der Waals surface area contributed by atoms with Gasteiger partial charge in [-0.25, -0.2) is 4.39 Å². The van der Waals surface area contributed by atoms with Crippen LogP contribution in [-0.2, 0) is 4.74 Å². The Bertz CT molecular complexity index is 563. The zero-order valence-corrected chi connectivity index (χ0v) is 13.9. The predicted octanol–water partition coefficient (Wildman–Crippen LogP) is 2.92. The second kappa shape index (κ2) is 7.91. The van der Waals surface area contributed by atoms with Gasteiger partial charge < -0.3 is 9.64 Å². The van der Waals surface area contributed by atoms with Gasteiger partial charge in [-0.3, -0.25) is 0 Å². The molecule has 2 aromatic carbocycles. The number of halogens is 2. The number of hydrogen-bond acceptors (Lipinski definition) is 1. The molecule has 122 valence electrons. The predicted molar refractivity (Wildman–Crippen MR) is 90.7 cm³/mol. The molecule has 1 fully saturated rings. The normalized spacial score (nSPS) is 17.1. The van der Waals surface area contributed by atoms with Crippen LogP contribution < -0.4 is 4.90 Å². The molecule has 1 saturated heterocycles. The topological polar surface area (TPSA) is 13.7 Å². The molecule has 0 radical (unpaired) electrons. The van der Waals surface area contributed by atoms with Crippen LogP contribution in [0.2, 0.25) is 5.02 Å². The van der Waals surface area contributed by atoms with Crippen molar-refractivity contribution in [1.82, 2.24) is 0 Å². The summed E-state index contributed by atoms with van der Waals surface area (Å²) < 4.78 is 18.7. The van der Waals surface area contributed by atoms with Crippen molar-refractivity contribution < 1.29 is 14.0 Å². The van der Waals surface area contributed by atoms with E-state index < -0.39 is 0 Å². The van der Waals surface area contributed by atoms with Gasteiger partial charge in [-0.2, -0.15) is 0 Å². The van der Waals surface area contributed by atoms with Crippen LogP contribution in [0.15, 0.2) is 48.5 Å². The molecule has 1 atom stereocenters. The van der Waals surface area contributed by atoms with Crippen LogP contribution in [0.25, 0.3) is 0 Å². The molecule has 1 aliphatic rings. The zero-order chi connectivity index (χ0) is 16.1. The third-order valence-corrected chi connectivity index (χ3v) is 4.78. The molecule has 0 spiro atoms. The lowest BCUT2D eigenvalue weighted by molar-refractivity contribution is -0.908. The Morgan fingerprint density at radius 1 is 0.957 bits per heavy atom. The summed E-state index contributed by atoms with van der Waals surface area (Å²) in [7, 11) is 0. The van der Waals surface area contributed by atoms with E-state index >= 15 is 0 Å². The number of benzene rings is 2. The number of hydrogen-bond donors (Lipinski definition) is 1. The Hall–Kier alpha value is -1.42. The molecule has 23 heavy (non-hydrogen) atoms. The largest absolute Gasteiger partial charge is 0.370 e. The van der Waals surface area contributed by atoms with E-state index in [1.807, 2.05) is 24.3 Å². The average molecular weight is 335 g/mol. The second-order valence-electron chi connectivity index (χ2n) is 6.06. The van der Waals surface area contributed by atoms with Gasteiger partial charge in [0.2, 0.25) is 0 Å². The first kappa shape index (κ1) is 16.4. The van der Waals surface area contributed by atoms with Crippen LogP contribution in [0.1, 0.15) is 23.5 Å². The Kier molecular flexibility index (Phi) is 5.65. The molecule has 0 aromatic heterocycles. The summed E-state index contributed by atoms with van der Waals surface area (Å²) in [6, 6.07) is 14.9. The quantitative estimate of drug-likeness (QED) is 0.887. The Labute approximate surface area is 141 Å². The smallest absolute Gasteiger partial charge is 0.123 e. The molecule has 0 amide bonds. The number of quaternary nitrogens is 1. The summed E-state index contributed by atoms with van der Waals surface area (Å²) in [6.07, 6.45) is 1.03. The Balaban J connectivity index is 1.77.